The fourth-order valence-electron chi connectivity index (χ4n) is 2.52. The van der Waals surface area contributed by atoms with Crippen molar-refractivity contribution in [3.05, 3.63) is 28.0 Å². The molecule has 0 aromatic carbocycles. The molecule has 1 saturated heterocycles. The van der Waals surface area contributed by atoms with Crippen LogP contribution >= 0.6 is 11.3 Å². The molecule has 1 fully saturated rings. The molecule has 1 aromatic heterocycles. The fourth-order valence-corrected chi connectivity index (χ4v) is 3.32. The van der Waals surface area contributed by atoms with Crippen molar-refractivity contribution in [1.82, 2.24) is 9.80 Å². The number of thiophene rings is 1. The number of rotatable bonds is 5. The van der Waals surface area contributed by atoms with E-state index in [-0.39, 0.29) is 25.2 Å². The molecule has 1 amide bonds. The lowest BCUT2D eigenvalue weighted by Crippen LogP contribution is -2.37. The van der Waals surface area contributed by atoms with E-state index in [1.807, 2.05) is 25.5 Å². The standard InChI is InChI=1S/C15H22N2O3S/c1-16(2)12-6-13(9-19)17(7-12)15(20)4-3-14-5-11(8-18)10-21-14/h3-5,10,12-13,18-19H,6-9H2,1-2H3/t12-,13+/m1/s1. The molecule has 1 aliphatic heterocycles. The molecule has 0 spiro atoms. The van der Waals surface area contributed by atoms with Crippen LogP contribution in [0.3, 0.4) is 0 Å². The second kappa shape index (κ2) is 7.17. The summed E-state index contributed by atoms with van der Waals surface area (Å²) in [6.45, 7) is 0.660. The van der Waals surface area contributed by atoms with Gasteiger partial charge in [0.15, 0.2) is 0 Å². The van der Waals surface area contributed by atoms with Gasteiger partial charge < -0.3 is 20.0 Å². The predicted molar refractivity (Wildman–Crippen MR) is 84.0 cm³/mol. The van der Waals surface area contributed by atoms with Crippen molar-refractivity contribution < 1.29 is 15.0 Å². The zero-order chi connectivity index (χ0) is 15.4. The Morgan fingerprint density at radius 3 is 2.86 bits per heavy atom. The molecule has 0 aliphatic carbocycles. The topological polar surface area (TPSA) is 64.0 Å². The van der Waals surface area contributed by atoms with Crippen LogP contribution in [0.15, 0.2) is 17.5 Å². The molecule has 21 heavy (non-hydrogen) atoms. The molecule has 0 unspecified atom stereocenters. The Morgan fingerprint density at radius 1 is 1.52 bits per heavy atom. The molecule has 116 valence electrons. The number of nitrogens with zero attached hydrogens (tertiary/aromatic N) is 2. The molecule has 6 heteroatoms. The van der Waals surface area contributed by atoms with Crippen LogP contribution in [0, 0.1) is 0 Å². The Morgan fingerprint density at radius 2 is 2.29 bits per heavy atom. The molecule has 5 nitrogen and oxygen atoms in total. The summed E-state index contributed by atoms with van der Waals surface area (Å²) in [4.78, 5) is 17.1. The lowest BCUT2D eigenvalue weighted by atomic mass is 10.1. The van der Waals surface area contributed by atoms with Gasteiger partial charge in [0, 0.05) is 23.5 Å². The highest BCUT2D eigenvalue weighted by molar-refractivity contribution is 7.11. The zero-order valence-corrected chi connectivity index (χ0v) is 13.2. The van der Waals surface area contributed by atoms with Crippen molar-refractivity contribution in [2.45, 2.75) is 25.1 Å². The van der Waals surface area contributed by atoms with Gasteiger partial charge >= 0.3 is 0 Å². The van der Waals surface area contributed by atoms with Gasteiger partial charge in [-0.3, -0.25) is 4.79 Å². The van der Waals surface area contributed by atoms with E-state index >= 15 is 0 Å². The Hall–Kier alpha value is -1.21. The molecular formula is C15H22N2O3S. The highest BCUT2D eigenvalue weighted by Crippen LogP contribution is 2.22. The molecule has 2 atom stereocenters. The second-order valence-electron chi connectivity index (χ2n) is 5.53. The van der Waals surface area contributed by atoms with E-state index in [2.05, 4.69) is 4.90 Å². The number of hydrogen-bond donors (Lipinski definition) is 2. The molecular weight excluding hydrogens is 288 g/mol. The summed E-state index contributed by atoms with van der Waals surface area (Å²) >= 11 is 1.50. The minimum absolute atomic E-state index is 0.00240. The predicted octanol–water partition coefficient (Wildman–Crippen LogP) is 0.777. The van der Waals surface area contributed by atoms with Crippen LogP contribution in [0.25, 0.3) is 6.08 Å². The largest absolute Gasteiger partial charge is 0.394 e. The van der Waals surface area contributed by atoms with Gasteiger partial charge in [-0.15, -0.1) is 11.3 Å². The number of hydrogen-bond acceptors (Lipinski definition) is 5. The smallest absolute Gasteiger partial charge is 0.246 e. The van der Waals surface area contributed by atoms with E-state index in [1.165, 1.54) is 11.3 Å². The Balaban J connectivity index is 2.01. The second-order valence-corrected chi connectivity index (χ2v) is 6.47. The molecule has 1 aromatic rings. The third-order valence-electron chi connectivity index (χ3n) is 3.86. The van der Waals surface area contributed by atoms with Gasteiger partial charge in [-0.25, -0.2) is 0 Å². The van der Waals surface area contributed by atoms with Crippen molar-refractivity contribution in [1.29, 1.82) is 0 Å². The molecule has 0 bridgehead atoms. The van der Waals surface area contributed by atoms with Gasteiger partial charge in [0.2, 0.25) is 5.91 Å². The van der Waals surface area contributed by atoms with Gasteiger partial charge in [0.05, 0.1) is 19.3 Å². The first kappa shape index (κ1) is 16.2. The summed E-state index contributed by atoms with van der Waals surface area (Å²) < 4.78 is 0. The Kier molecular flexibility index (Phi) is 5.52. The molecule has 2 rings (SSSR count). The lowest BCUT2D eigenvalue weighted by molar-refractivity contribution is -0.127. The average molecular weight is 310 g/mol. The minimum atomic E-state index is -0.106. The molecule has 2 heterocycles. The normalized spacial score (nSPS) is 22.6. The Bertz CT molecular complexity index is 513. The number of aliphatic hydroxyl groups is 2. The zero-order valence-electron chi connectivity index (χ0n) is 12.4. The first-order valence-electron chi connectivity index (χ1n) is 6.99. The summed E-state index contributed by atoms with van der Waals surface area (Å²) in [5.41, 5.74) is 0.856. The highest BCUT2D eigenvalue weighted by Gasteiger charge is 2.34. The summed E-state index contributed by atoms with van der Waals surface area (Å²) in [5, 5.41) is 20.3. The fraction of sp³-hybridized carbons (Fsp3) is 0.533. The van der Waals surface area contributed by atoms with Crippen LogP contribution in [0.5, 0.6) is 0 Å². The quantitative estimate of drug-likeness (QED) is 0.789. The van der Waals surface area contributed by atoms with Crippen LogP contribution in [0.1, 0.15) is 16.9 Å². The van der Waals surface area contributed by atoms with Crippen molar-refractivity contribution >= 4 is 23.3 Å². The average Bonchev–Trinajstić information content (AvgIpc) is 3.11. The maximum Gasteiger partial charge on any atom is 0.246 e. The summed E-state index contributed by atoms with van der Waals surface area (Å²) in [7, 11) is 3.98. The van der Waals surface area contributed by atoms with Gasteiger partial charge in [-0.2, -0.15) is 0 Å². The van der Waals surface area contributed by atoms with E-state index in [9.17, 15) is 9.90 Å². The number of carbonyl (C=O) groups is 1. The molecule has 1 aliphatic rings. The maximum atomic E-state index is 12.3. The van der Waals surface area contributed by atoms with Crippen molar-refractivity contribution in [2.75, 3.05) is 27.2 Å². The number of aliphatic hydroxyl groups excluding tert-OH is 2. The van der Waals surface area contributed by atoms with Crippen LogP contribution < -0.4 is 0 Å². The number of likely N-dealkylation sites (tertiary alicyclic amines) is 1. The minimum Gasteiger partial charge on any atom is -0.394 e. The van der Waals surface area contributed by atoms with Crippen molar-refractivity contribution in [2.24, 2.45) is 0 Å². The highest BCUT2D eigenvalue weighted by atomic mass is 32.1. The van der Waals surface area contributed by atoms with Crippen molar-refractivity contribution in [3.8, 4) is 0 Å². The van der Waals surface area contributed by atoms with E-state index < -0.39 is 0 Å². The number of likely N-dealkylation sites (N-methyl/N-ethyl adjacent to an activating group) is 1. The van der Waals surface area contributed by atoms with Crippen molar-refractivity contribution in [3.63, 3.8) is 0 Å². The molecule has 0 radical (unpaired) electrons. The monoisotopic (exact) mass is 310 g/mol. The van der Waals surface area contributed by atoms with E-state index in [1.54, 1.807) is 17.1 Å². The summed E-state index contributed by atoms with van der Waals surface area (Å²) in [6.07, 6.45) is 4.12. The van der Waals surface area contributed by atoms with E-state index in [0.717, 1.165) is 16.9 Å². The van der Waals surface area contributed by atoms with Crippen LogP contribution in [-0.4, -0.2) is 65.3 Å². The summed E-state index contributed by atoms with van der Waals surface area (Å²) in [5.74, 6) is -0.0719. The first-order valence-corrected chi connectivity index (χ1v) is 7.87. The lowest BCUT2D eigenvalue weighted by Gasteiger charge is -2.21. The van der Waals surface area contributed by atoms with E-state index in [0.29, 0.717) is 12.6 Å². The Labute approximate surface area is 129 Å². The number of amides is 1. The van der Waals surface area contributed by atoms with Gasteiger partial charge in [0.1, 0.15) is 0 Å². The van der Waals surface area contributed by atoms with Gasteiger partial charge in [-0.1, -0.05) is 0 Å². The maximum absolute atomic E-state index is 12.3. The van der Waals surface area contributed by atoms with E-state index in [4.69, 9.17) is 5.11 Å². The first-order chi connectivity index (χ1) is 10.0. The summed E-state index contributed by atoms with van der Waals surface area (Å²) in [6, 6.07) is 2.05. The van der Waals surface area contributed by atoms with Crippen LogP contribution in [-0.2, 0) is 11.4 Å². The third-order valence-corrected chi connectivity index (χ3v) is 4.81. The third kappa shape index (κ3) is 3.91. The molecule has 0 saturated carbocycles. The SMILES string of the molecule is CN(C)[C@@H]1C[C@@H](CO)N(C(=O)C=Cc2cc(CO)cs2)C1. The van der Waals surface area contributed by atoms with Crippen LogP contribution in [0.4, 0.5) is 0 Å². The molecule has 2 N–H and O–H groups in total. The van der Waals surface area contributed by atoms with Crippen LogP contribution in [0.2, 0.25) is 0 Å². The van der Waals surface area contributed by atoms with Gasteiger partial charge in [0.25, 0.3) is 0 Å². The van der Waals surface area contributed by atoms with Gasteiger partial charge in [-0.05, 0) is 43.6 Å². The number of carbonyl (C=O) groups excluding carboxylic acids is 1.